The summed E-state index contributed by atoms with van der Waals surface area (Å²) in [7, 11) is 10.9. The molecule has 13 aromatic carbocycles. The summed E-state index contributed by atoms with van der Waals surface area (Å²) in [4.78, 5) is 15.4. The van der Waals surface area contributed by atoms with Crippen LogP contribution in [0.4, 0.5) is 20.6 Å². The number of para-hydroxylation sites is 1. The number of rotatable bonds is 17. The Kier molecular flexibility index (Phi) is 49.5. The molecule has 0 unspecified atom stereocenters. The van der Waals surface area contributed by atoms with E-state index in [1.54, 1.807) is 62.6 Å². The van der Waals surface area contributed by atoms with Gasteiger partial charge in [0.05, 0.1) is 35.8 Å². The first-order chi connectivity index (χ1) is 67.7. The van der Waals surface area contributed by atoms with Crippen LogP contribution in [0.25, 0.3) is 33.2 Å². The van der Waals surface area contributed by atoms with Crippen molar-refractivity contribution in [3.63, 3.8) is 0 Å². The fraction of sp³-hybridized carbons (Fsp3) is 0.339. The topological polar surface area (TPSA) is 314 Å². The smallest absolute Gasteiger partial charge is 0.321 e. The van der Waals surface area contributed by atoms with Gasteiger partial charge >= 0.3 is 6.03 Å². The van der Waals surface area contributed by atoms with E-state index in [9.17, 15) is 39.8 Å². The molecule has 2 heterocycles. The van der Waals surface area contributed by atoms with Crippen molar-refractivity contribution in [1.29, 1.82) is 0 Å². The highest BCUT2D eigenvalue weighted by atomic mass is 79.9. The number of fused-ring (bicyclic) bond motifs is 2. The van der Waals surface area contributed by atoms with Crippen LogP contribution < -0.4 is 24.4 Å². The molecule has 144 heavy (non-hydrogen) atoms. The summed E-state index contributed by atoms with van der Waals surface area (Å²) in [5.74, 6) is 7.03. The second kappa shape index (κ2) is 58.9. The van der Waals surface area contributed by atoms with E-state index in [1.165, 1.54) is 104 Å². The molecule has 0 saturated heterocycles. The van der Waals surface area contributed by atoms with Gasteiger partial charge in [-0.1, -0.05) is 268 Å². The standard InChI is InChI=1S/C18H20N2O.C17H18N2.C11H17N.C11H16O2.C10H14O2.C9H10Br2O.C9H11FO.C9H12O3.2C9H12O2.C9H12O/c1-12(2)13-4-6-14(7-5-13)15-8-9-17-16(10-15)11-20(3)18(21)19-17;1-11(2)13-4-6-14(7-5-13)15-8-9-17-16(10-15)12(3)18-19-17;1-9(2)10-5-7-11(8-6-10)12(3)4;1-8(2)10-6-5-9(12-3)7-11(10)13-4;1-7(2)9-5-4-8(12-3)6-10(9)11;1-5(2)6-3-7(10)9(12)8(11)4-6;1-6(2)7-3-4-9(11)8(10)5-7;1-5(2)9-7(11)3-6(10)4-8(9)12;1-6(2)8-5-7(10)3-4-9(8)11;1-6(2)7-3-4-8(10)9(11)5-7;1-7(2)8-5-3-4-6-9(8)10/h4-10,12H,11H2,1-3H3,(H,19,21);4-11H,1-3H3,(H,18,19);5-9H,1-4H3;5-8H,1-4H3;4-7,11H,1-3H3;3-5,12H,1-2H3;3-6,11H,1-2H3;3-5,10-12H,1-2H3;2*3-6,10-11H,1-2H3;3-7,10H,1-2H3. The summed E-state index contributed by atoms with van der Waals surface area (Å²) in [5, 5.41) is 113. The second-order valence-corrected chi connectivity index (χ2v) is 40.4. The van der Waals surface area contributed by atoms with Gasteiger partial charge < -0.3 is 85.5 Å². The Labute approximate surface area is 871 Å². The number of hydrogen-bond donors (Lipinski definition) is 13. The van der Waals surface area contributed by atoms with Crippen molar-refractivity contribution >= 4 is 60.2 Å². The number of anilines is 2. The van der Waals surface area contributed by atoms with Gasteiger partial charge in [-0.15, -0.1) is 0 Å². The zero-order valence-corrected chi connectivity index (χ0v) is 92.4. The third-order valence-electron chi connectivity index (χ3n) is 23.6. The van der Waals surface area contributed by atoms with Crippen LogP contribution >= 0.6 is 31.9 Å². The lowest BCUT2D eigenvalue weighted by atomic mass is 9.97. The predicted molar refractivity (Wildman–Crippen MR) is 599 cm³/mol. The molecule has 1 aromatic heterocycles. The SMILES string of the molecule is CC(C)c1c(O)cc(O)cc1O.CC(C)c1cc(Br)c(O)c(Br)c1.CC(C)c1cc(O)ccc1O.CC(C)c1ccc(-c2ccc3c(c2)CN(C)C(=O)N3)cc1.CC(C)c1ccc(N(C)C)cc1.CC(C)c1ccc(O)c(F)c1.CC(C)c1ccc(O)c(O)c1.CC(C)c1ccccc1O.COc1ccc(C(C)C)c(O)c1.COc1ccc(C(C)C)c(OC)c1.Cc1[nH]nc2ccc(-c3ccc(C(C)C)cc3)cc12. The highest BCUT2D eigenvalue weighted by Gasteiger charge is 2.21. The quantitative estimate of drug-likeness (QED) is 0.0298. The third-order valence-corrected chi connectivity index (χ3v) is 24.8. The minimum absolute atomic E-state index is 0.0330. The monoisotopic (exact) mass is 2090 g/mol. The number of carbonyl (C=O) groups excluding carboxylic acids is 1. The number of phenols is 11. The van der Waals surface area contributed by atoms with Gasteiger partial charge in [0.25, 0.3) is 0 Å². The number of aryl methyl sites for hydroxylation is 1. The number of amides is 2. The lowest BCUT2D eigenvalue weighted by molar-refractivity contribution is 0.218. The molecule has 15 rings (SSSR count). The first-order valence-corrected chi connectivity index (χ1v) is 50.2. The number of nitrogens with zero attached hydrogens (tertiary/aromatic N) is 3. The van der Waals surface area contributed by atoms with Crippen molar-refractivity contribution in [2.24, 2.45) is 0 Å². The maximum atomic E-state index is 12.7. The van der Waals surface area contributed by atoms with E-state index in [0.717, 1.165) is 70.7 Å². The molecule has 14 aromatic rings. The summed E-state index contributed by atoms with van der Waals surface area (Å²) in [6, 6.07) is 77.8. The van der Waals surface area contributed by atoms with E-state index in [0.29, 0.717) is 82.6 Å². The Morgan fingerprint density at radius 1 is 0.361 bits per heavy atom. The number of carbonyl (C=O) groups is 1. The number of hydrogen-bond acceptors (Lipinski definition) is 17. The number of H-pyrrole nitrogens is 1. The number of nitrogens with one attached hydrogen (secondary N) is 2. The summed E-state index contributed by atoms with van der Waals surface area (Å²) in [6.07, 6.45) is 0. The molecule has 1 aliphatic heterocycles. The number of benzene rings is 13. The lowest BCUT2D eigenvalue weighted by Gasteiger charge is -2.26. The Balaban J connectivity index is 0.000000281. The molecule has 13 N–H and O–H groups in total. The highest BCUT2D eigenvalue weighted by molar-refractivity contribution is 9.11. The van der Waals surface area contributed by atoms with Gasteiger partial charge in [-0.25, -0.2) is 9.18 Å². The van der Waals surface area contributed by atoms with E-state index in [-0.39, 0.29) is 69.6 Å². The van der Waals surface area contributed by atoms with E-state index >= 15 is 0 Å². The molecular weight excluding hydrogens is 1940 g/mol. The normalized spacial score (nSPS) is 11.1. The van der Waals surface area contributed by atoms with Crippen molar-refractivity contribution in [2.45, 2.75) is 231 Å². The molecule has 20 nitrogen and oxygen atoms in total. The lowest BCUT2D eigenvalue weighted by Crippen LogP contribution is -2.35. The first-order valence-electron chi connectivity index (χ1n) is 48.6. The number of methoxy groups -OCH3 is 3. The number of aromatic hydroxyl groups is 11. The Morgan fingerprint density at radius 2 is 0.785 bits per heavy atom. The van der Waals surface area contributed by atoms with Crippen molar-refractivity contribution < 1.29 is 79.6 Å². The first kappa shape index (κ1) is 121. The van der Waals surface area contributed by atoms with Gasteiger partial charge in [-0.2, -0.15) is 5.10 Å². The van der Waals surface area contributed by atoms with Gasteiger partial charge in [0, 0.05) is 85.5 Å². The highest BCUT2D eigenvalue weighted by Crippen LogP contribution is 2.41. The fourth-order valence-corrected chi connectivity index (χ4v) is 15.7. The summed E-state index contributed by atoms with van der Waals surface area (Å²) in [5.41, 5.74) is 22.1. The molecule has 0 bridgehead atoms. The van der Waals surface area contributed by atoms with Crippen LogP contribution in [0.3, 0.4) is 0 Å². The van der Waals surface area contributed by atoms with Crippen LogP contribution in [-0.2, 0) is 6.54 Å². The summed E-state index contributed by atoms with van der Waals surface area (Å²) >= 11 is 6.57. The minimum Gasteiger partial charge on any atom is -0.508 e. The van der Waals surface area contributed by atoms with Crippen LogP contribution in [0.15, 0.2) is 258 Å². The van der Waals surface area contributed by atoms with Crippen molar-refractivity contribution in [2.75, 3.05) is 52.7 Å². The Bertz CT molecular complexity index is 6180. The van der Waals surface area contributed by atoms with Gasteiger partial charge in [-0.3, -0.25) is 5.10 Å². The van der Waals surface area contributed by atoms with Crippen LogP contribution in [0, 0.1) is 12.7 Å². The molecule has 23 heteroatoms. The largest absolute Gasteiger partial charge is 0.508 e. The second-order valence-electron chi connectivity index (χ2n) is 38.7. The molecule has 774 valence electrons. The zero-order valence-electron chi connectivity index (χ0n) is 89.3. The van der Waals surface area contributed by atoms with Gasteiger partial charge in [0.15, 0.2) is 23.1 Å². The van der Waals surface area contributed by atoms with E-state index < -0.39 is 5.82 Å². The Morgan fingerprint density at radius 3 is 1.22 bits per heavy atom. The molecule has 0 radical (unpaired) electrons. The fourth-order valence-electron chi connectivity index (χ4n) is 14.5. The molecular formula is C121H154Br2FN5O15. The van der Waals surface area contributed by atoms with Gasteiger partial charge in [0.1, 0.15) is 63.2 Å². The van der Waals surface area contributed by atoms with Crippen molar-refractivity contribution in [3.8, 4) is 103 Å². The van der Waals surface area contributed by atoms with Crippen LogP contribution in [0.5, 0.6) is 80.5 Å². The van der Waals surface area contributed by atoms with E-state index in [2.05, 4.69) is 260 Å². The zero-order chi connectivity index (χ0) is 108. The summed E-state index contributed by atoms with van der Waals surface area (Å²) in [6.45, 7) is 48.4. The number of phenolic OH excluding ortho intramolecular Hbond substituents is 11. The minimum atomic E-state index is -0.545. The molecule has 1 aliphatic rings. The van der Waals surface area contributed by atoms with Crippen molar-refractivity contribution in [1.82, 2.24) is 15.1 Å². The molecule has 0 atom stereocenters. The van der Waals surface area contributed by atoms with Crippen LogP contribution in [-0.4, -0.2) is 120 Å². The third kappa shape index (κ3) is 38.3. The summed E-state index contributed by atoms with van der Waals surface area (Å²) < 4.78 is 29.5. The number of aromatic nitrogens is 2. The average Bonchev–Trinajstić information content (AvgIpc) is 1.53. The van der Waals surface area contributed by atoms with Gasteiger partial charge in [-0.05, 0) is 291 Å². The molecule has 0 spiro atoms. The Hall–Kier alpha value is -13.5. The number of ether oxygens (including phenoxy) is 3. The predicted octanol–water partition coefficient (Wildman–Crippen LogP) is 32.9. The molecule has 0 saturated carbocycles. The van der Waals surface area contributed by atoms with Crippen LogP contribution in [0.1, 0.15) is 290 Å². The number of aromatic amines is 1. The number of urea groups is 1. The van der Waals surface area contributed by atoms with Crippen LogP contribution in [0.2, 0.25) is 0 Å². The maximum absolute atomic E-state index is 12.7. The van der Waals surface area contributed by atoms with Gasteiger partial charge in [0.2, 0.25) is 0 Å². The van der Waals surface area contributed by atoms with E-state index in [4.69, 9.17) is 39.7 Å². The van der Waals surface area contributed by atoms with Crippen molar-refractivity contribution in [3.05, 3.63) is 336 Å². The maximum Gasteiger partial charge on any atom is 0.321 e. The molecule has 0 aliphatic carbocycles. The molecule has 0 fully saturated rings. The average molecular weight is 2100 g/mol. The number of halogens is 3. The molecule has 2 amide bonds. The van der Waals surface area contributed by atoms with E-state index in [1.807, 2.05) is 143 Å².